The summed E-state index contributed by atoms with van der Waals surface area (Å²) in [5.74, 6) is -0.172. The summed E-state index contributed by atoms with van der Waals surface area (Å²) in [5.41, 5.74) is 8.10. The molecule has 0 saturated heterocycles. The molecule has 10 aromatic rings. The Morgan fingerprint density at radius 3 is 1.62 bits per heavy atom. The van der Waals surface area contributed by atoms with E-state index in [-0.39, 0.29) is 11.6 Å². The number of hydrogen-bond donors (Lipinski definition) is 0. The first-order valence-electron chi connectivity index (χ1n) is 15.8. The third-order valence-electron chi connectivity index (χ3n) is 9.43. The Balaban J connectivity index is 1.35. The fraction of sp³-hybridized carbons (Fsp3) is 0. The van der Waals surface area contributed by atoms with Gasteiger partial charge in [-0.15, -0.1) is 0 Å². The monoisotopic (exact) mass is 622 g/mol. The van der Waals surface area contributed by atoms with Gasteiger partial charge in [0.15, 0.2) is 0 Å². The van der Waals surface area contributed by atoms with E-state index < -0.39 is 0 Å². The molecule has 0 bridgehead atoms. The largest absolute Gasteiger partial charge is 0.308 e. The van der Waals surface area contributed by atoms with E-state index in [9.17, 15) is 8.78 Å². The van der Waals surface area contributed by atoms with Crippen molar-refractivity contribution in [1.29, 1.82) is 0 Å². The molecule has 4 nitrogen and oxygen atoms in total. The maximum absolute atomic E-state index is 14.0. The van der Waals surface area contributed by atoms with E-state index >= 15 is 0 Å². The van der Waals surface area contributed by atoms with Crippen molar-refractivity contribution in [2.24, 2.45) is 0 Å². The Labute approximate surface area is 272 Å². The van der Waals surface area contributed by atoms with Gasteiger partial charge in [-0.1, -0.05) is 66.7 Å². The van der Waals surface area contributed by atoms with Gasteiger partial charge in [0.05, 0.1) is 39.0 Å². The maximum atomic E-state index is 14.0. The minimum Gasteiger partial charge on any atom is -0.308 e. The minimum absolute atomic E-state index is 0.321. The molecule has 0 saturated carbocycles. The minimum atomic E-state index is -0.321. The van der Waals surface area contributed by atoms with Crippen LogP contribution in [0, 0.1) is 11.6 Å². The van der Waals surface area contributed by atoms with Gasteiger partial charge < -0.3 is 4.40 Å². The molecule has 4 heterocycles. The highest BCUT2D eigenvalue weighted by Crippen LogP contribution is 2.41. The van der Waals surface area contributed by atoms with Crippen molar-refractivity contribution >= 4 is 59.9 Å². The molecule has 48 heavy (non-hydrogen) atoms. The van der Waals surface area contributed by atoms with Crippen molar-refractivity contribution in [3.8, 4) is 28.5 Å². The number of rotatable bonds is 3. The molecule has 226 valence electrons. The summed E-state index contributed by atoms with van der Waals surface area (Å²) in [4.78, 5) is 10.2. The summed E-state index contributed by atoms with van der Waals surface area (Å²) in [6.07, 6.45) is 0. The van der Waals surface area contributed by atoms with Gasteiger partial charge in [-0.25, -0.2) is 18.7 Å². The average molecular weight is 623 g/mol. The normalized spacial score (nSPS) is 12.0. The van der Waals surface area contributed by atoms with Crippen molar-refractivity contribution in [2.75, 3.05) is 0 Å². The van der Waals surface area contributed by atoms with Gasteiger partial charge in [0.2, 0.25) is 5.95 Å². The molecule has 6 aromatic carbocycles. The van der Waals surface area contributed by atoms with Crippen LogP contribution in [-0.4, -0.2) is 18.9 Å². The molecule has 0 aliphatic heterocycles. The summed E-state index contributed by atoms with van der Waals surface area (Å²) in [6, 6.07) is 46.5. The fourth-order valence-corrected chi connectivity index (χ4v) is 7.32. The third kappa shape index (κ3) is 3.86. The van der Waals surface area contributed by atoms with Crippen LogP contribution in [0.2, 0.25) is 0 Å². The zero-order chi connectivity index (χ0) is 31.9. The predicted octanol–water partition coefficient (Wildman–Crippen LogP) is 10.9. The molecule has 0 spiro atoms. The first-order valence-corrected chi connectivity index (χ1v) is 15.8. The van der Waals surface area contributed by atoms with Gasteiger partial charge in [0.1, 0.15) is 11.6 Å². The predicted molar refractivity (Wildman–Crippen MR) is 191 cm³/mol. The summed E-state index contributed by atoms with van der Waals surface area (Å²) in [7, 11) is 0. The summed E-state index contributed by atoms with van der Waals surface area (Å²) < 4.78 is 32.4. The van der Waals surface area contributed by atoms with Crippen LogP contribution in [0.1, 0.15) is 0 Å². The van der Waals surface area contributed by atoms with E-state index in [1.807, 2.05) is 12.1 Å². The number of fused-ring (bicyclic) bond motifs is 12. The molecule has 0 fully saturated rings. The second-order valence-corrected chi connectivity index (χ2v) is 12.1. The first-order chi connectivity index (χ1) is 23.6. The molecule has 0 amide bonds. The lowest BCUT2D eigenvalue weighted by molar-refractivity contribution is 0.627. The Bertz CT molecular complexity index is 2840. The van der Waals surface area contributed by atoms with Crippen molar-refractivity contribution in [3.05, 3.63) is 157 Å². The Morgan fingerprint density at radius 2 is 0.979 bits per heavy atom. The van der Waals surface area contributed by atoms with E-state index in [2.05, 4.69) is 93.9 Å². The highest BCUT2D eigenvalue weighted by molar-refractivity contribution is 6.24. The number of hydrogen-bond acceptors (Lipinski definition) is 2. The third-order valence-corrected chi connectivity index (χ3v) is 9.43. The van der Waals surface area contributed by atoms with Crippen LogP contribution in [0.25, 0.3) is 88.4 Å². The highest BCUT2D eigenvalue weighted by atomic mass is 19.1. The van der Waals surface area contributed by atoms with E-state index in [0.717, 1.165) is 54.9 Å². The van der Waals surface area contributed by atoms with Crippen molar-refractivity contribution in [1.82, 2.24) is 18.9 Å². The quantitative estimate of drug-likeness (QED) is 0.184. The molecule has 0 aliphatic rings. The lowest BCUT2D eigenvalue weighted by Crippen LogP contribution is -2.04. The SMILES string of the molecule is Fc1ccc(-c2cc(-c3ccc(F)cc3)nc(-n3c4ccccc4c4c3ccc3cc5c6ccccc6c6ccccc6n5c34)n2)cc1. The first kappa shape index (κ1) is 26.8. The number of benzene rings is 6. The zero-order valence-electron chi connectivity index (χ0n) is 25.4. The second-order valence-electron chi connectivity index (χ2n) is 12.1. The fourth-order valence-electron chi connectivity index (χ4n) is 7.32. The summed E-state index contributed by atoms with van der Waals surface area (Å²) in [5, 5.41) is 6.93. The molecule has 0 atom stereocenters. The van der Waals surface area contributed by atoms with Gasteiger partial charge in [-0.3, -0.25) is 4.57 Å². The molecule has 0 unspecified atom stereocenters. The van der Waals surface area contributed by atoms with E-state index in [0.29, 0.717) is 17.3 Å². The molecule has 4 aromatic heterocycles. The van der Waals surface area contributed by atoms with Crippen LogP contribution in [0.3, 0.4) is 0 Å². The summed E-state index contributed by atoms with van der Waals surface area (Å²) in [6.45, 7) is 0. The van der Waals surface area contributed by atoms with Crippen LogP contribution in [0.15, 0.2) is 146 Å². The van der Waals surface area contributed by atoms with Gasteiger partial charge in [-0.05, 0) is 84.2 Å². The maximum Gasteiger partial charge on any atom is 0.235 e. The molecule has 0 radical (unpaired) electrons. The molecule has 10 rings (SSSR count). The number of nitrogens with zero attached hydrogens (tertiary/aromatic N) is 4. The van der Waals surface area contributed by atoms with Crippen LogP contribution < -0.4 is 0 Å². The number of pyridine rings is 1. The van der Waals surface area contributed by atoms with Gasteiger partial charge in [0, 0.05) is 38.1 Å². The van der Waals surface area contributed by atoms with Crippen molar-refractivity contribution in [3.63, 3.8) is 0 Å². The molecular weight excluding hydrogens is 598 g/mol. The van der Waals surface area contributed by atoms with Crippen molar-refractivity contribution in [2.45, 2.75) is 0 Å². The topological polar surface area (TPSA) is 35.1 Å². The lowest BCUT2D eigenvalue weighted by Gasteiger charge is -2.12. The Morgan fingerprint density at radius 1 is 0.438 bits per heavy atom. The van der Waals surface area contributed by atoms with E-state index in [1.165, 1.54) is 40.4 Å². The van der Waals surface area contributed by atoms with Gasteiger partial charge in [0.25, 0.3) is 0 Å². The smallest absolute Gasteiger partial charge is 0.235 e. The Kier molecular flexibility index (Phi) is 5.61. The standard InChI is InChI=1S/C42H24F2N4/c43-28-18-13-25(14-19-28)34-24-35(26-15-20-29(44)21-16-26)46-42(45-34)48-37-12-6-4-10-33(37)40-38(48)22-17-27-23-39-32-9-2-1-7-30(32)31-8-3-5-11-36(31)47(39)41(27)40/h1-24H. The second kappa shape index (κ2) is 10.0. The summed E-state index contributed by atoms with van der Waals surface area (Å²) >= 11 is 0. The number of halogens is 2. The molecule has 0 aliphatic carbocycles. The number of para-hydroxylation sites is 2. The van der Waals surface area contributed by atoms with Crippen LogP contribution >= 0.6 is 0 Å². The Hall–Kier alpha value is -6.40. The highest BCUT2D eigenvalue weighted by Gasteiger charge is 2.21. The molecule has 6 heteroatoms. The zero-order valence-corrected chi connectivity index (χ0v) is 25.4. The molecule has 0 N–H and O–H groups in total. The number of aromatic nitrogens is 4. The van der Waals surface area contributed by atoms with Crippen LogP contribution in [0.5, 0.6) is 0 Å². The van der Waals surface area contributed by atoms with Crippen molar-refractivity contribution < 1.29 is 8.78 Å². The van der Waals surface area contributed by atoms with E-state index in [1.54, 1.807) is 24.3 Å². The van der Waals surface area contributed by atoms with Crippen LogP contribution in [-0.2, 0) is 0 Å². The average Bonchev–Trinajstić information content (AvgIpc) is 3.69. The van der Waals surface area contributed by atoms with Crippen LogP contribution in [0.4, 0.5) is 8.78 Å². The molecular formula is C42H24F2N4. The lowest BCUT2D eigenvalue weighted by atomic mass is 10.1. The van der Waals surface area contributed by atoms with Gasteiger partial charge in [-0.2, -0.15) is 0 Å². The van der Waals surface area contributed by atoms with Gasteiger partial charge >= 0.3 is 0 Å². The van der Waals surface area contributed by atoms with E-state index in [4.69, 9.17) is 9.97 Å².